The molecule has 0 N–H and O–H groups in total. The van der Waals surface area contributed by atoms with Gasteiger partial charge >= 0.3 is 6.36 Å². The Hall–Kier alpha value is -1.26. The van der Waals surface area contributed by atoms with E-state index in [1.165, 1.54) is 0 Å². The van der Waals surface area contributed by atoms with Crippen molar-refractivity contribution < 1.29 is 22.3 Å². The number of hydrogen-bond acceptors (Lipinski definition) is 1. The van der Waals surface area contributed by atoms with Crippen molar-refractivity contribution in [2.45, 2.75) is 33.1 Å². The van der Waals surface area contributed by atoms with E-state index in [2.05, 4.69) is 4.74 Å². The maximum absolute atomic E-state index is 13.3. The van der Waals surface area contributed by atoms with Crippen LogP contribution in [0.15, 0.2) is 12.1 Å². The first-order chi connectivity index (χ1) is 7.37. The van der Waals surface area contributed by atoms with Gasteiger partial charge in [-0.2, -0.15) is 0 Å². The Kier molecular flexibility index (Phi) is 3.78. The van der Waals surface area contributed by atoms with Crippen LogP contribution in [-0.2, 0) is 12.8 Å². The molecule has 1 nitrogen and oxygen atoms in total. The van der Waals surface area contributed by atoms with Gasteiger partial charge in [-0.15, -0.1) is 13.2 Å². The minimum atomic E-state index is -4.74. The van der Waals surface area contributed by atoms with Crippen LogP contribution in [0, 0.1) is 5.82 Å². The van der Waals surface area contributed by atoms with E-state index in [-0.39, 0.29) is 23.3 Å². The van der Waals surface area contributed by atoms with Crippen molar-refractivity contribution in [1.82, 2.24) is 0 Å². The lowest BCUT2D eigenvalue weighted by Crippen LogP contribution is -2.18. The van der Waals surface area contributed by atoms with Crippen molar-refractivity contribution >= 4 is 0 Å². The average molecular weight is 236 g/mol. The Balaban J connectivity index is 3.15. The maximum Gasteiger partial charge on any atom is 0.573 e. The van der Waals surface area contributed by atoms with Gasteiger partial charge < -0.3 is 4.74 Å². The molecule has 0 saturated carbocycles. The van der Waals surface area contributed by atoms with Gasteiger partial charge in [-0.05, 0) is 36.1 Å². The van der Waals surface area contributed by atoms with Crippen LogP contribution in [0.3, 0.4) is 0 Å². The van der Waals surface area contributed by atoms with E-state index in [0.29, 0.717) is 6.42 Å². The lowest BCUT2D eigenvalue weighted by molar-refractivity contribution is -0.274. The first-order valence-corrected chi connectivity index (χ1v) is 4.94. The van der Waals surface area contributed by atoms with E-state index < -0.39 is 12.2 Å². The second-order valence-corrected chi connectivity index (χ2v) is 3.31. The molecule has 0 unspecified atom stereocenters. The highest BCUT2D eigenvalue weighted by Gasteiger charge is 2.32. The molecular formula is C11H12F4O. The predicted molar refractivity (Wildman–Crippen MR) is 51.8 cm³/mol. The molecule has 16 heavy (non-hydrogen) atoms. The van der Waals surface area contributed by atoms with Crippen molar-refractivity contribution in [1.29, 1.82) is 0 Å². The number of aryl methyl sites for hydroxylation is 2. The molecule has 90 valence electrons. The second kappa shape index (κ2) is 4.72. The first-order valence-electron chi connectivity index (χ1n) is 4.94. The fourth-order valence-corrected chi connectivity index (χ4v) is 1.40. The van der Waals surface area contributed by atoms with Gasteiger partial charge in [0.1, 0.15) is 11.6 Å². The van der Waals surface area contributed by atoms with Crippen LogP contribution >= 0.6 is 0 Å². The highest BCUT2D eigenvalue weighted by atomic mass is 19.4. The van der Waals surface area contributed by atoms with Gasteiger partial charge in [0.05, 0.1) is 0 Å². The zero-order chi connectivity index (χ0) is 12.3. The Labute approximate surface area is 91.0 Å². The van der Waals surface area contributed by atoms with Crippen LogP contribution in [0.4, 0.5) is 17.6 Å². The normalized spacial score (nSPS) is 11.6. The molecule has 1 aromatic rings. The molecular weight excluding hydrogens is 224 g/mol. The molecule has 0 aliphatic rings. The average Bonchev–Trinajstić information content (AvgIpc) is 2.18. The summed E-state index contributed by atoms with van der Waals surface area (Å²) in [5, 5.41) is 0. The van der Waals surface area contributed by atoms with Gasteiger partial charge in [-0.3, -0.25) is 0 Å². The summed E-state index contributed by atoms with van der Waals surface area (Å²) in [6, 6.07) is 2.21. The van der Waals surface area contributed by atoms with Crippen molar-refractivity contribution in [3.63, 3.8) is 0 Å². The Morgan fingerprint density at radius 1 is 1.06 bits per heavy atom. The molecule has 0 radical (unpaired) electrons. The van der Waals surface area contributed by atoms with Crippen LogP contribution in [-0.4, -0.2) is 6.36 Å². The third-order valence-electron chi connectivity index (χ3n) is 2.22. The number of ether oxygens (including phenoxy) is 1. The fourth-order valence-electron chi connectivity index (χ4n) is 1.40. The zero-order valence-corrected chi connectivity index (χ0v) is 8.99. The molecule has 0 amide bonds. The van der Waals surface area contributed by atoms with Crippen molar-refractivity contribution in [3.05, 3.63) is 29.1 Å². The number of benzene rings is 1. The number of halogens is 4. The maximum atomic E-state index is 13.3. The summed E-state index contributed by atoms with van der Waals surface area (Å²) in [6.45, 7) is 3.31. The molecule has 1 rings (SSSR count). The van der Waals surface area contributed by atoms with Gasteiger partial charge in [0.2, 0.25) is 0 Å². The van der Waals surface area contributed by atoms with E-state index >= 15 is 0 Å². The third kappa shape index (κ3) is 3.12. The minimum Gasteiger partial charge on any atom is -0.405 e. The molecule has 0 spiro atoms. The summed E-state index contributed by atoms with van der Waals surface area (Å²) < 4.78 is 53.4. The van der Waals surface area contributed by atoms with Crippen molar-refractivity contribution in [2.24, 2.45) is 0 Å². The highest BCUT2D eigenvalue weighted by Crippen LogP contribution is 2.29. The van der Waals surface area contributed by atoms with Gasteiger partial charge in [-0.25, -0.2) is 4.39 Å². The molecule has 0 heterocycles. The molecule has 0 fully saturated rings. The molecule has 0 saturated heterocycles. The lowest BCUT2D eigenvalue weighted by Gasteiger charge is -2.14. The first kappa shape index (κ1) is 12.8. The van der Waals surface area contributed by atoms with Gasteiger partial charge in [0.15, 0.2) is 0 Å². The molecule has 0 aliphatic heterocycles. The monoisotopic (exact) mass is 236 g/mol. The zero-order valence-electron chi connectivity index (χ0n) is 8.99. The van der Waals surface area contributed by atoms with Crippen molar-refractivity contribution in [3.8, 4) is 5.75 Å². The van der Waals surface area contributed by atoms with E-state index in [1.807, 2.05) is 0 Å². The number of alkyl halides is 3. The lowest BCUT2D eigenvalue weighted by atomic mass is 10.1. The van der Waals surface area contributed by atoms with Crippen LogP contribution in [0.2, 0.25) is 0 Å². The summed E-state index contributed by atoms with van der Waals surface area (Å²) in [4.78, 5) is 0. The van der Waals surface area contributed by atoms with Crippen LogP contribution < -0.4 is 4.74 Å². The van der Waals surface area contributed by atoms with Crippen molar-refractivity contribution in [2.75, 3.05) is 0 Å². The minimum absolute atomic E-state index is 0.215. The quantitative estimate of drug-likeness (QED) is 0.724. The number of hydrogen-bond donors (Lipinski definition) is 0. The molecule has 0 atom stereocenters. The highest BCUT2D eigenvalue weighted by molar-refractivity contribution is 5.38. The summed E-state index contributed by atoms with van der Waals surface area (Å²) in [6.07, 6.45) is -4.14. The second-order valence-electron chi connectivity index (χ2n) is 3.31. The summed E-state index contributed by atoms with van der Waals surface area (Å²) in [7, 11) is 0. The Morgan fingerprint density at radius 2 is 1.62 bits per heavy atom. The van der Waals surface area contributed by atoms with E-state index in [9.17, 15) is 17.6 Å². The fraction of sp³-hybridized carbons (Fsp3) is 0.455. The van der Waals surface area contributed by atoms with Crippen LogP contribution in [0.1, 0.15) is 25.0 Å². The Morgan fingerprint density at radius 3 is 2.06 bits per heavy atom. The molecule has 1 aromatic carbocycles. The summed E-state index contributed by atoms with van der Waals surface area (Å²) in [5.41, 5.74) is 0.434. The Bertz CT molecular complexity index is 371. The van der Waals surface area contributed by atoms with E-state index in [4.69, 9.17) is 0 Å². The number of rotatable bonds is 3. The van der Waals surface area contributed by atoms with E-state index in [0.717, 1.165) is 12.1 Å². The smallest absolute Gasteiger partial charge is 0.405 e. The van der Waals surface area contributed by atoms with Crippen LogP contribution in [0.5, 0.6) is 5.75 Å². The van der Waals surface area contributed by atoms with Gasteiger partial charge in [-0.1, -0.05) is 13.8 Å². The molecule has 0 bridgehead atoms. The standard InChI is InChI=1S/C11H12F4O/c1-3-7-6-10(16-11(13,14)15)8(4-2)5-9(7)12/h5-6H,3-4H2,1-2H3. The molecule has 5 heteroatoms. The predicted octanol–water partition coefficient (Wildman–Crippen LogP) is 3.85. The molecule has 0 aliphatic carbocycles. The van der Waals surface area contributed by atoms with E-state index in [1.54, 1.807) is 13.8 Å². The largest absolute Gasteiger partial charge is 0.573 e. The topological polar surface area (TPSA) is 9.23 Å². The SMILES string of the molecule is CCc1cc(OC(F)(F)F)c(CC)cc1F. The van der Waals surface area contributed by atoms with Gasteiger partial charge in [0.25, 0.3) is 0 Å². The van der Waals surface area contributed by atoms with Crippen LogP contribution in [0.25, 0.3) is 0 Å². The molecule has 0 aromatic heterocycles. The summed E-state index contributed by atoms with van der Waals surface area (Å²) >= 11 is 0. The van der Waals surface area contributed by atoms with Gasteiger partial charge in [0, 0.05) is 0 Å². The third-order valence-corrected chi connectivity index (χ3v) is 2.22. The summed E-state index contributed by atoms with van der Waals surface area (Å²) in [5.74, 6) is -0.804.